The van der Waals surface area contributed by atoms with Crippen LogP contribution in [0.1, 0.15) is 41.0 Å². The van der Waals surface area contributed by atoms with E-state index in [1.54, 1.807) is 11.8 Å². The lowest BCUT2D eigenvalue weighted by atomic mass is 10.1. The van der Waals surface area contributed by atoms with Crippen molar-refractivity contribution < 1.29 is 14.3 Å². The standard InChI is InChI=1S/C15H21NO3S/c1-10-6-12(11(2)16-10)13(17)8-20-9-15(4-5-15)7-14(18)19-3/h6,16H,4-5,7-9H2,1-3H3. The first-order valence-corrected chi connectivity index (χ1v) is 7.95. The number of rotatable bonds is 7. The Bertz CT molecular complexity index is 517. The zero-order chi connectivity index (χ0) is 14.8. The molecule has 1 heterocycles. The lowest BCUT2D eigenvalue weighted by molar-refractivity contribution is -0.141. The topological polar surface area (TPSA) is 59.2 Å². The van der Waals surface area contributed by atoms with Crippen LogP contribution in [0.4, 0.5) is 0 Å². The second kappa shape index (κ2) is 6.04. The SMILES string of the molecule is COC(=O)CC1(CSCC(=O)c2cc(C)[nH]c2C)CC1. The molecule has 4 nitrogen and oxygen atoms in total. The molecule has 0 atom stereocenters. The molecule has 0 aliphatic heterocycles. The van der Waals surface area contributed by atoms with Crippen LogP contribution in [-0.2, 0) is 9.53 Å². The molecule has 0 radical (unpaired) electrons. The molecule has 1 fully saturated rings. The second-order valence-electron chi connectivity index (χ2n) is 5.66. The minimum absolute atomic E-state index is 0.0845. The van der Waals surface area contributed by atoms with Crippen molar-refractivity contribution >= 4 is 23.5 Å². The van der Waals surface area contributed by atoms with E-state index in [2.05, 4.69) is 4.98 Å². The Morgan fingerprint density at radius 1 is 1.40 bits per heavy atom. The van der Waals surface area contributed by atoms with Gasteiger partial charge in [0.2, 0.25) is 0 Å². The molecule has 0 spiro atoms. The highest BCUT2D eigenvalue weighted by molar-refractivity contribution is 8.00. The number of ether oxygens (including phenoxy) is 1. The number of Topliss-reactive ketones (excluding diaryl/α,β-unsaturated/α-hetero) is 1. The van der Waals surface area contributed by atoms with Crippen molar-refractivity contribution in [3.63, 3.8) is 0 Å². The van der Waals surface area contributed by atoms with Gasteiger partial charge in [0.05, 0.1) is 19.3 Å². The summed E-state index contributed by atoms with van der Waals surface area (Å²) in [5.74, 6) is 1.34. The van der Waals surface area contributed by atoms with Gasteiger partial charge in [-0.15, -0.1) is 0 Å². The van der Waals surface area contributed by atoms with E-state index in [1.165, 1.54) is 7.11 Å². The van der Waals surface area contributed by atoms with Crippen LogP contribution in [0.5, 0.6) is 0 Å². The number of aromatic nitrogens is 1. The molecular weight excluding hydrogens is 274 g/mol. The van der Waals surface area contributed by atoms with E-state index in [0.29, 0.717) is 12.2 Å². The Morgan fingerprint density at radius 2 is 2.10 bits per heavy atom. The van der Waals surface area contributed by atoms with Crippen molar-refractivity contribution in [3.8, 4) is 0 Å². The summed E-state index contributed by atoms with van der Waals surface area (Å²) in [4.78, 5) is 26.6. The molecule has 0 saturated heterocycles. The highest BCUT2D eigenvalue weighted by atomic mass is 32.2. The third-order valence-corrected chi connectivity index (χ3v) is 5.08. The van der Waals surface area contributed by atoms with Gasteiger partial charge in [0.1, 0.15) is 0 Å². The predicted octanol–water partition coefficient (Wildman–Crippen LogP) is 2.89. The Balaban J connectivity index is 1.80. The molecule has 1 aliphatic rings. The van der Waals surface area contributed by atoms with Crippen LogP contribution < -0.4 is 0 Å². The number of nitrogens with one attached hydrogen (secondary N) is 1. The van der Waals surface area contributed by atoms with Gasteiger partial charge in [-0.2, -0.15) is 11.8 Å². The number of hydrogen-bond donors (Lipinski definition) is 1. The van der Waals surface area contributed by atoms with Crippen LogP contribution in [0.25, 0.3) is 0 Å². The molecule has 0 aromatic carbocycles. The zero-order valence-electron chi connectivity index (χ0n) is 12.2. The first-order valence-electron chi connectivity index (χ1n) is 6.80. The number of methoxy groups -OCH3 is 1. The summed E-state index contributed by atoms with van der Waals surface area (Å²) >= 11 is 1.62. The monoisotopic (exact) mass is 295 g/mol. The van der Waals surface area contributed by atoms with E-state index in [4.69, 9.17) is 4.74 Å². The molecule has 5 heteroatoms. The van der Waals surface area contributed by atoms with E-state index in [0.717, 1.165) is 35.5 Å². The van der Waals surface area contributed by atoms with Gasteiger partial charge in [-0.1, -0.05) is 0 Å². The summed E-state index contributed by atoms with van der Waals surface area (Å²) in [6.07, 6.45) is 2.60. The Morgan fingerprint density at radius 3 is 2.60 bits per heavy atom. The van der Waals surface area contributed by atoms with Gasteiger partial charge in [-0.05, 0) is 43.9 Å². The minimum atomic E-state index is -0.147. The van der Waals surface area contributed by atoms with Crippen molar-refractivity contribution in [1.29, 1.82) is 0 Å². The summed E-state index contributed by atoms with van der Waals surface area (Å²) < 4.78 is 4.72. The Kier molecular flexibility index (Phi) is 4.58. The van der Waals surface area contributed by atoms with Gasteiger partial charge in [-0.25, -0.2) is 0 Å². The van der Waals surface area contributed by atoms with Crippen molar-refractivity contribution in [2.45, 2.75) is 33.1 Å². The summed E-state index contributed by atoms with van der Waals surface area (Å²) in [6, 6.07) is 1.90. The molecule has 2 rings (SSSR count). The van der Waals surface area contributed by atoms with E-state index in [1.807, 2.05) is 19.9 Å². The number of ketones is 1. The largest absolute Gasteiger partial charge is 0.469 e. The van der Waals surface area contributed by atoms with Gasteiger partial charge in [0, 0.05) is 17.0 Å². The molecule has 0 bridgehead atoms. The van der Waals surface area contributed by atoms with Gasteiger partial charge in [-0.3, -0.25) is 9.59 Å². The van der Waals surface area contributed by atoms with E-state index < -0.39 is 0 Å². The maximum absolute atomic E-state index is 12.1. The Labute approximate surface area is 123 Å². The molecule has 1 aliphatic carbocycles. The smallest absolute Gasteiger partial charge is 0.306 e. The van der Waals surface area contributed by atoms with Crippen LogP contribution in [0.15, 0.2) is 6.07 Å². The number of thioether (sulfide) groups is 1. The van der Waals surface area contributed by atoms with Crippen LogP contribution in [0, 0.1) is 19.3 Å². The number of aromatic amines is 1. The Hall–Kier alpha value is -1.23. The number of H-pyrrole nitrogens is 1. The van der Waals surface area contributed by atoms with Crippen LogP contribution in [0.3, 0.4) is 0 Å². The fraction of sp³-hybridized carbons (Fsp3) is 0.600. The quantitative estimate of drug-likeness (QED) is 0.620. The normalized spacial score (nSPS) is 15.9. The minimum Gasteiger partial charge on any atom is -0.469 e. The summed E-state index contributed by atoms with van der Waals surface area (Å²) in [6.45, 7) is 3.87. The molecule has 20 heavy (non-hydrogen) atoms. The molecule has 1 aromatic rings. The molecule has 1 aromatic heterocycles. The lowest BCUT2D eigenvalue weighted by Gasteiger charge is -2.12. The average Bonchev–Trinajstić information content (AvgIpc) is 3.06. The molecule has 1 saturated carbocycles. The van der Waals surface area contributed by atoms with Crippen molar-refractivity contribution in [2.24, 2.45) is 5.41 Å². The molecule has 0 unspecified atom stereocenters. The first-order chi connectivity index (χ1) is 9.46. The van der Waals surface area contributed by atoms with E-state index in [-0.39, 0.29) is 17.2 Å². The van der Waals surface area contributed by atoms with Gasteiger partial charge in [0.15, 0.2) is 5.78 Å². The number of hydrogen-bond acceptors (Lipinski definition) is 4. The van der Waals surface area contributed by atoms with E-state index >= 15 is 0 Å². The zero-order valence-corrected chi connectivity index (χ0v) is 13.1. The van der Waals surface area contributed by atoms with Gasteiger partial charge >= 0.3 is 5.97 Å². The number of carbonyl (C=O) groups excluding carboxylic acids is 2. The predicted molar refractivity (Wildman–Crippen MR) is 80.2 cm³/mol. The maximum Gasteiger partial charge on any atom is 0.306 e. The van der Waals surface area contributed by atoms with Gasteiger partial charge in [0.25, 0.3) is 0 Å². The molecule has 1 N–H and O–H groups in total. The van der Waals surface area contributed by atoms with Gasteiger partial charge < -0.3 is 9.72 Å². The van der Waals surface area contributed by atoms with Crippen molar-refractivity contribution in [1.82, 2.24) is 4.98 Å². The van der Waals surface area contributed by atoms with E-state index in [9.17, 15) is 9.59 Å². The number of esters is 1. The fourth-order valence-corrected chi connectivity index (χ4v) is 3.65. The molecule has 110 valence electrons. The van der Waals surface area contributed by atoms with Crippen molar-refractivity contribution in [2.75, 3.05) is 18.6 Å². The summed E-state index contributed by atoms with van der Waals surface area (Å²) in [5, 5.41) is 0. The van der Waals surface area contributed by atoms with Crippen LogP contribution in [0.2, 0.25) is 0 Å². The summed E-state index contributed by atoms with van der Waals surface area (Å²) in [7, 11) is 1.42. The highest BCUT2D eigenvalue weighted by Gasteiger charge is 2.44. The maximum atomic E-state index is 12.1. The van der Waals surface area contributed by atoms with Crippen molar-refractivity contribution in [3.05, 3.63) is 23.0 Å². The first kappa shape index (κ1) is 15.2. The fourth-order valence-electron chi connectivity index (χ4n) is 2.38. The van der Waals surface area contributed by atoms with Crippen LogP contribution in [-0.4, -0.2) is 35.4 Å². The molecule has 0 amide bonds. The average molecular weight is 295 g/mol. The molecular formula is C15H21NO3S. The third kappa shape index (κ3) is 3.66. The van der Waals surface area contributed by atoms with Crippen LogP contribution >= 0.6 is 11.8 Å². The lowest BCUT2D eigenvalue weighted by Crippen LogP contribution is -2.14. The number of aryl methyl sites for hydroxylation is 2. The second-order valence-corrected chi connectivity index (χ2v) is 6.65. The summed E-state index contributed by atoms with van der Waals surface area (Å²) in [5.41, 5.74) is 2.82. The highest BCUT2D eigenvalue weighted by Crippen LogP contribution is 2.51. The third-order valence-electron chi connectivity index (χ3n) is 3.80. The number of carbonyl (C=O) groups is 2.